The number of hydrogen-bond donors (Lipinski definition) is 2. The summed E-state index contributed by atoms with van der Waals surface area (Å²) < 4.78 is 2.80. The minimum atomic E-state index is -0.664. The van der Waals surface area contributed by atoms with Crippen LogP contribution in [0.3, 0.4) is 0 Å². The van der Waals surface area contributed by atoms with E-state index in [0.717, 1.165) is 23.0 Å². The number of amides is 1. The Morgan fingerprint density at radius 1 is 1.60 bits per heavy atom. The van der Waals surface area contributed by atoms with E-state index in [1.807, 2.05) is 27.6 Å². The quantitative estimate of drug-likeness (QED) is 0.834. The zero-order valence-electron chi connectivity index (χ0n) is 11.2. The first-order chi connectivity index (χ1) is 9.61. The number of nitrogens with zero attached hydrogens (tertiary/aromatic N) is 1. The predicted octanol–water partition coefficient (Wildman–Crippen LogP) is 3.19. The number of halogens is 1. The van der Waals surface area contributed by atoms with E-state index in [-0.39, 0.29) is 12.5 Å². The number of carbonyl (C=O) groups excluding carboxylic acids is 1. The Kier molecular flexibility index (Phi) is 5.39. The third-order valence-electron chi connectivity index (χ3n) is 2.94. The molecule has 20 heavy (non-hydrogen) atoms. The summed E-state index contributed by atoms with van der Waals surface area (Å²) >= 11 is 4.91. The highest BCUT2D eigenvalue weighted by atomic mass is 79.9. The van der Waals surface area contributed by atoms with Gasteiger partial charge < -0.3 is 15.0 Å². The lowest BCUT2D eigenvalue weighted by Crippen LogP contribution is -2.29. The predicted molar refractivity (Wildman–Crippen MR) is 84.0 cm³/mol. The lowest BCUT2D eigenvalue weighted by molar-refractivity contribution is 0.0907. The molecule has 1 amide bonds. The number of aryl methyl sites for hydroxylation is 1. The van der Waals surface area contributed by atoms with Crippen LogP contribution < -0.4 is 5.32 Å². The number of carbonyl (C=O) groups is 1. The van der Waals surface area contributed by atoms with Gasteiger partial charge >= 0.3 is 0 Å². The molecule has 1 atom stereocenters. The Labute approximate surface area is 130 Å². The van der Waals surface area contributed by atoms with E-state index in [9.17, 15) is 9.90 Å². The van der Waals surface area contributed by atoms with Gasteiger partial charge in [-0.3, -0.25) is 4.79 Å². The monoisotopic (exact) mass is 356 g/mol. The molecule has 0 aliphatic carbocycles. The average Bonchev–Trinajstić information content (AvgIpc) is 3.05. The smallest absolute Gasteiger partial charge is 0.268 e. The van der Waals surface area contributed by atoms with Crippen LogP contribution in [0.2, 0.25) is 0 Å². The second-order valence-corrected chi connectivity index (χ2v) is 6.22. The highest BCUT2D eigenvalue weighted by molar-refractivity contribution is 9.10. The number of aliphatic hydroxyl groups is 1. The van der Waals surface area contributed by atoms with Gasteiger partial charge in [0.2, 0.25) is 0 Å². The summed E-state index contributed by atoms with van der Waals surface area (Å²) in [5, 5.41) is 16.5. The van der Waals surface area contributed by atoms with Crippen LogP contribution in [0.5, 0.6) is 0 Å². The topological polar surface area (TPSA) is 54.3 Å². The van der Waals surface area contributed by atoms with Crippen molar-refractivity contribution in [1.82, 2.24) is 9.88 Å². The number of hydrogen-bond acceptors (Lipinski definition) is 3. The summed E-state index contributed by atoms with van der Waals surface area (Å²) in [7, 11) is 0. The summed E-state index contributed by atoms with van der Waals surface area (Å²) in [5.41, 5.74) is 1.44. The van der Waals surface area contributed by atoms with Gasteiger partial charge in [0.05, 0.1) is 6.10 Å². The van der Waals surface area contributed by atoms with Gasteiger partial charge in [0.15, 0.2) is 0 Å². The van der Waals surface area contributed by atoms with Gasteiger partial charge in [-0.05, 0) is 50.8 Å². The van der Waals surface area contributed by atoms with Gasteiger partial charge in [0.25, 0.3) is 5.91 Å². The van der Waals surface area contributed by atoms with Crippen LogP contribution in [0, 0.1) is 0 Å². The molecule has 0 spiro atoms. The molecule has 0 radical (unpaired) electrons. The first-order valence-corrected chi connectivity index (χ1v) is 8.19. The van der Waals surface area contributed by atoms with E-state index in [2.05, 4.69) is 28.2 Å². The number of thiophene rings is 1. The maximum absolute atomic E-state index is 12.2. The highest BCUT2D eigenvalue weighted by Gasteiger charge is 2.15. The summed E-state index contributed by atoms with van der Waals surface area (Å²) in [5.74, 6) is -0.168. The van der Waals surface area contributed by atoms with Crippen LogP contribution in [-0.4, -0.2) is 22.1 Å². The molecule has 0 aliphatic rings. The van der Waals surface area contributed by atoms with Crippen LogP contribution in [-0.2, 0) is 6.54 Å². The van der Waals surface area contributed by atoms with Crippen molar-refractivity contribution >= 4 is 33.2 Å². The molecule has 0 saturated carbocycles. The number of nitrogens with one attached hydrogen (secondary N) is 1. The van der Waals surface area contributed by atoms with Crippen molar-refractivity contribution in [3.8, 4) is 0 Å². The molecule has 2 N–H and O–H groups in total. The molecule has 0 aliphatic heterocycles. The van der Waals surface area contributed by atoms with Crippen LogP contribution in [0.15, 0.2) is 33.6 Å². The molecule has 0 aromatic carbocycles. The average molecular weight is 357 g/mol. The minimum Gasteiger partial charge on any atom is -0.387 e. The number of rotatable bonds is 6. The zero-order valence-corrected chi connectivity index (χ0v) is 13.6. The first-order valence-electron chi connectivity index (χ1n) is 6.46. The molecule has 2 heterocycles. The van der Waals surface area contributed by atoms with E-state index in [0.29, 0.717) is 5.69 Å². The van der Waals surface area contributed by atoms with Crippen LogP contribution in [0.4, 0.5) is 0 Å². The number of aromatic nitrogens is 1. The van der Waals surface area contributed by atoms with Gasteiger partial charge in [0, 0.05) is 23.8 Å². The normalized spacial score (nSPS) is 12.3. The fraction of sp³-hybridized carbons (Fsp3) is 0.357. The van der Waals surface area contributed by atoms with E-state index < -0.39 is 6.10 Å². The van der Waals surface area contributed by atoms with Gasteiger partial charge in [-0.1, -0.05) is 6.92 Å². The largest absolute Gasteiger partial charge is 0.387 e. The van der Waals surface area contributed by atoms with Crippen molar-refractivity contribution in [2.45, 2.75) is 26.0 Å². The van der Waals surface area contributed by atoms with Crippen molar-refractivity contribution in [1.29, 1.82) is 0 Å². The Morgan fingerprint density at radius 2 is 2.40 bits per heavy atom. The Balaban J connectivity index is 1.98. The van der Waals surface area contributed by atoms with Crippen LogP contribution >= 0.6 is 27.3 Å². The lowest BCUT2D eigenvalue weighted by atomic mass is 10.2. The van der Waals surface area contributed by atoms with Crippen molar-refractivity contribution < 1.29 is 9.90 Å². The fourth-order valence-corrected chi connectivity index (χ4v) is 3.12. The molecular formula is C14H17BrN2O2S. The van der Waals surface area contributed by atoms with Crippen molar-refractivity contribution in [2.75, 3.05) is 6.54 Å². The standard InChI is InChI=1S/C14H17BrN2O2S/c1-2-4-17-8-11(15)6-12(17)14(19)16-7-13(18)10-3-5-20-9-10/h3,5-6,8-9,13,18H,2,4,7H2,1H3,(H,16,19). The first kappa shape index (κ1) is 15.3. The van der Waals surface area contributed by atoms with E-state index in [4.69, 9.17) is 0 Å². The summed E-state index contributed by atoms with van der Waals surface area (Å²) in [6, 6.07) is 3.65. The van der Waals surface area contributed by atoms with E-state index >= 15 is 0 Å². The molecular weight excluding hydrogens is 340 g/mol. The molecule has 108 valence electrons. The molecule has 6 heteroatoms. The van der Waals surface area contributed by atoms with Crippen LogP contribution in [0.25, 0.3) is 0 Å². The Hall–Kier alpha value is -1.11. The van der Waals surface area contributed by atoms with Gasteiger partial charge in [-0.15, -0.1) is 0 Å². The Bertz CT molecular complexity index is 566. The van der Waals surface area contributed by atoms with Crippen LogP contribution in [0.1, 0.15) is 35.5 Å². The molecule has 0 fully saturated rings. The zero-order chi connectivity index (χ0) is 14.5. The molecule has 0 saturated heterocycles. The molecule has 2 aromatic heterocycles. The van der Waals surface area contributed by atoms with Crippen molar-refractivity contribution in [3.63, 3.8) is 0 Å². The van der Waals surface area contributed by atoms with E-state index in [1.165, 1.54) is 11.3 Å². The molecule has 4 nitrogen and oxygen atoms in total. The molecule has 2 rings (SSSR count). The summed E-state index contributed by atoms with van der Waals surface area (Å²) in [4.78, 5) is 12.2. The molecule has 1 unspecified atom stereocenters. The summed E-state index contributed by atoms with van der Waals surface area (Å²) in [6.07, 6.45) is 2.19. The lowest BCUT2D eigenvalue weighted by Gasteiger charge is -2.12. The number of aliphatic hydroxyl groups excluding tert-OH is 1. The highest BCUT2D eigenvalue weighted by Crippen LogP contribution is 2.17. The molecule has 2 aromatic rings. The second kappa shape index (κ2) is 7.06. The third-order valence-corrected chi connectivity index (χ3v) is 4.08. The maximum atomic E-state index is 12.2. The van der Waals surface area contributed by atoms with Gasteiger partial charge in [-0.25, -0.2) is 0 Å². The maximum Gasteiger partial charge on any atom is 0.268 e. The van der Waals surface area contributed by atoms with Gasteiger partial charge in [-0.2, -0.15) is 11.3 Å². The van der Waals surface area contributed by atoms with Crippen molar-refractivity contribution in [3.05, 3.63) is 44.8 Å². The van der Waals surface area contributed by atoms with E-state index in [1.54, 1.807) is 6.07 Å². The summed E-state index contributed by atoms with van der Waals surface area (Å²) in [6.45, 7) is 3.07. The van der Waals surface area contributed by atoms with Gasteiger partial charge in [0.1, 0.15) is 5.69 Å². The fourth-order valence-electron chi connectivity index (χ4n) is 1.95. The third kappa shape index (κ3) is 3.71. The SMILES string of the molecule is CCCn1cc(Br)cc1C(=O)NCC(O)c1ccsc1. The second-order valence-electron chi connectivity index (χ2n) is 4.52. The molecule has 0 bridgehead atoms. The van der Waals surface area contributed by atoms with Crippen molar-refractivity contribution in [2.24, 2.45) is 0 Å². The minimum absolute atomic E-state index is 0.168. The Morgan fingerprint density at radius 3 is 3.05 bits per heavy atom.